The number of nitrogen functional groups attached to an aromatic ring is 1. The average molecular weight is 579 g/mol. The van der Waals surface area contributed by atoms with Gasteiger partial charge in [0.25, 0.3) is 6.43 Å². The molecule has 0 unspecified atom stereocenters. The molecule has 0 saturated carbocycles. The highest BCUT2D eigenvalue weighted by atomic mass is 19.3. The Kier molecular flexibility index (Phi) is 9.63. The van der Waals surface area contributed by atoms with Gasteiger partial charge in [-0.05, 0) is 39.0 Å². The molecule has 0 aliphatic heterocycles. The first-order valence-corrected chi connectivity index (χ1v) is 12.4. The number of aromatic nitrogens is 1. The normalized spacial score (nSPS) is 11.3. The number of hydrogen-bond acceptors (Lipinski definition) is 7. The summed E-state index contributed by atoms with van der Waals surface area (Å²) in [7, 11) is 1.42. The highest BCUT2D eigenvalue weighted by Crippen LogP contribution is 2.33. The lowest BCUT2D eigenvalue weighted by Crippen LogP contribution is -2.38. The number of amides is 1. The van der Waals surface area contributed by atoms with Gasteiger partial charge >= 0.3 is 12.1 Å². The van der Waals surface area contributed by atoms with E-state index in [2.05, 4.69) is 10.3 Å². The number of anilines is 3. The van der Waals surface area contributed by atoms with Crippen molar-refractivity contribution in [3.8, 4) is 5.88 Å². The number of hydrogen-bond donors (Lipinski definition) is 3. The highest BCUT2D eigenvalue weighted by molar-refractivity contribution is 5.95. The monoisotopic (exact) mass is 578 g/mol. The van der Waals surface area contributed by atoms with E-state index in [-0.39, 0.29) is 35.8 Å². The molecule has 4 N–H and O–H groups in total. The number of carboxylic acids is 1. The van der Waals surface area contributed by atoms with Crippen molar-refractivity contribution in [2.24, 2.45) is 0 Å². The molecule has 1 heterocycles. The number of benzene rings is 2. The van der Waals surface area contributed by atoms with Gasteiger partial charge in [-0.15, -0.1) is 0 Å². The minimum atomic E-state index is -2.99. The molecular weight excluding hydrogens is 548 g/mol. The molecule has 0 atom stereocenters. The van der Waals surface area contributed by atoms with Crippen molar-refractivity contribution in [3.05, 3.63) is 76.5 Å². The second kappa shape index (κ2) is 12.7. The SMILES string of the molecule is COc1ccc(N)c(CCN(Cc2c(Nc3cc(F)c(F)cc3C(=O)O)cccc2C(F)F)C(=O)OC(C)(C)C)n1. The second-order valence-electron chi connectivity index (χ2n) is 9.96. The summed E-state index contributed by atoms with van der Waals surface area (Å²) in [6.07, 6.45) is -3.71. The van der Waals surface area contributed by atoms with Crippen molar-refractivity contribution in [2.45, 2.75) is 45.8 Å². The summed E-state index contributed by atoms with van der Waals surface area (Å²) in [5.74, 6) is -4.02. The zero-order valence-electron chi connectivity index (χ0n) is 22.8. The molecule has 13 heteroatoms. The summed E-state index contributed by atoms with van der Waals surface area (Å²) in [6, 6.07) is 8.01. The molecule has 9 nitrogen and oxygen atoms in total. The molecule has 220 valence electrons. The number of nitrogens with one attached hydrogen (secondary N) is 1. The van der Waals surface area contributed by atoms with E-state index in [1.54, 1.807) is 32.9 Å². The second-order valence-corrected chi connectivity index (χ2v) is 9.96. The average Bonchev–Trinajstić information content (AvgIpc) is 2.88. The van der Waals surface area contributed by atoms with Crippen LogP contribution in [-0.2, 0) is 17.7 Å². The van der Waals surface area contributed by atoms with Gasteiger partial charge in [0, 0.05) is 41.9 Å². The van der Waals surface area contributed by atoms with Gasteiger partial charge in [-0.2, -0.15) is 0 Å². The lowest BCUT2D eigenvalue weighted by atomic mass is 10.0. The first-order chi connectivity index (χ1) is 19.2. The summed E-state index contributed by atoms with van der Waals surface area (Å²) in [5, 5.41) is 12.1. The predicted molar refractivity (Wildman–Crippen MR) is 144 cm³/mol. The highest BCUT2D eigenvalue weighted by Gasteiger charge is 2.27. The Morgan fingerprint density at radius 1 is 1.10 bits per heavy atom. The predicted octanol–water partition coefficient (Wildman–Crippen LogP) is 6.31. The van der Waals surface area contributed by atoms with E-state index in [1.165, 1.54) is 24.1 Å². The third kappa shape index (κ3) is 7.99. The molecule has 2 aromatic carbocycles. The van der Waals surface area contributed by atoms with E-state index < -0.39 is 53.4 Å². The van der Waals surface area contributed by atoms with Gasteiger partial charge in [0.2, 0.25) is 5.88 Å². The van der Waals surface area contributed by atoms with Crippen molar-refractivity contribution < 1.29 is 41.7 Å². The number of aromatic carboxylic acids is 1. The topological polar surface area (TPSA) is 127 Å². The molecule has 0 aliphatic rings. The molecule has 1 amide bonds. The Hall–Kier alpha value is -4.55. The quantitative estimate of drug-likeness (QED) is 0.239. The summed E-state index contributed by atoms with van der Waals surface area (Å²) in [6.45, 7) is 4.43. The lowest BCUT2D eigenvalue weighted by molar-refractivity contribution is 0.0232. The van der Waals surface area contributed by atoms with Crippen LogP contribution in [0.5, 0.6) is 5.88 Å². The van der Waals surface area contributed by atoms with E-state index in [4.69, 9.17) is 15.2 Å². The van der Waals surface area contributed by atoms with Gasteiger partial charge in [-0.3, -0.25) is 0 Å². The molecule has 0 radical (unpaired) electrons. The molecule has 0 saturated heterocycles. The van der Waals surface area contributed by atoms with Crippen LogP contribution in [0, 0.1) is 11.6 Å². The van der Waals surface area contributed by atoms with Crippen LogP contribution in [-0.4, -0.2) is 46.3 Å². The van der Waals surface area contributed by atoms with Crippen molar-refractivity contribution in [1.82, 2.24) is 9.88 Å². The summed E-state index contributed by atoms with van der Waals surface area (Å²) >= 11 is 0. The standard InChI is InChI=1S/C28H30F4N4O5/c1-28(2,3)41-27(39)36(11-10-22-20(33)8-9-24(35-22)40-4)14-17-15(25(31)32)6-5-7-21(17)34-23-13-19(30)18(29)12-16(23)26(37)38/h5-9,12-13,25,34H,10-11,14,33H2,1-4H3,(H,37,38). The molecule has 0 bridgehead atoms. The van der Waals surface area contributed by atoms with Crippen LogP contribution >= 0.6 is 0 Å². The molecule has 1 aromatic heterocycles. The van der Waals surface area contributed by atoms with Crippen LogP contribution < -0.4 is 15.8 Å². The molecule has 0 aliphatic carbocycles. The minimum absolute atomic E-state index is 0.0520. The molecule has 41 heavy (non-hydrogen) atoms. The van der Waals surface area contributed by atoms with Gasteiger partial charge in [-0.25, -0.2) is 32.1 Å². The Morgan fingerprint density at radius 3 is 2.39 bits per heavy atom. The number of methoxy groups -OCH3 is 1. The van der Waals surface area contributed by atoms with Crippen molar-refractivity contribution >= 4 is 29.1 Å². The largest absolute Gasteiger partial charge is 0.481 e. The molecule has 3 aromatic rings. The third-order valence-electron chi connectivity index (χ3n) is 5.82. The number of rotatable bonds is 10. The van der Waals surface area contributed by atoms with Gasteiger partial charge in [0.15, 0.2) is 11.6 Å². The maximum atomic E-state index is 14.2. The number of alkyl halides is 2. The Labute approximate surface area is 233 Å². The van der Waals surface area contributed by atoms with Gasteiger partial charge in [0.1, 0.15) is 5.60 Å². The molecule has 0 spiro atoms. The van der Waals surface area contributed by atoms with Crippen LogP contribution in [0.4, 0.5) is 39.4 Å². The van der Waals surface area contributed by atoms with Gasteiger partial charge < -0.3 is 30.5 Å². The van der Waals surface area contributed by atoms with Crippen molar-refractivity contribution in [2.75, 3.05) is 24.7 Å². The molecule has 3 rings (SSSR count). The number of ether oxygens (including phenoxy) is 2. The number of pyridine rings is 1. The third-order valence-corrected chi connectivity index (χ3v) is 5.82. The molecular formula is C28H30F4N4O5. The first kappa shape index (κ1) is 31.0. The fourth-order valence-corrected chi connectivity index (χ4v) is 3.87. The Bertz CT molecular complexity index is 1430. The smallest absolute Gasteiger partial charge is 0.410 e. The van der Waals surface area contributed by atoms with Crippen LogP contribution in [0.25, 0.3) is 0 Å². The fourth-order valence-electron chi connectivity index (χ4n) is 3.87. The van der Waals surface area contributed by atoms with Crippen LogP contribution in [0.2, 0.25) is 0 Å². The van der Waals surface area contributed by atoms with Gasteiger partial charge in [-0.1, -0.05) is 12.1 Å². The Morgan fingerprint density at radius 2 is 1.78 bits per heavy atom. The van der Waals surface area contributed by atoms with E-state index in [0.717, 1.165) is 6.07 Å². The number of halogens is 4. The number of nitrogens with zero attached hydrogens (tertiary/aromatic N) is 2. The lowest BCUT2D eigenvalue weighted by Gasteiger charge is -2.29. The first-order valence-electron chi connectivity index (χ1n) is 12.4. The molecule has 0 fully saturated rings. The van der Waals surface area contributed by atoms with Crippen LogP contribution in [0.1, 0.15) is 54.4 Å². The number of nitrogens with two attached hydrogens (primary N) is 1. The summed E-state index contributed by atoms with van der Waals surface area (Å²) < 4.78 is 66.8. The minimum Gasteiger partial charge on any atom is -0.481 e. The summed E-state index contributed by atoms with van der Waals surface area (Å²) in [4.78, 5) is 30.4. The van der Waals surface area contributed by atoms with Crippen LogP contribution in [0.3, 0.4) is 0 Å². The van der Waals surface area contributed by atoms with Crippen LogP contribution in [0.15, 0.2) is 42.5 Å². The zero-order chi connectivity index (χ0) is 30.5. The maximum Gasteiger partial charge on any atom is 0.410 e. The summed E-state index contributed by atoms with van der Waals surface area (Å²) in [5.41, 5.74) is 4.21. The van der Waals surface area contributed by atoms with Crippen molar-refractivity contribution in [3.63, 3.8) is 0 Å². The zero-order valence-corrected chi connectivity index (χ0v) is 22.8. The Balaban J connectivity index is 2.05. The number of carboxylic acid groups (broad SMARTS) is 1. The van der Waals surface area contributed by atoms with Crippen molar-refractivity contribution in [1.29, 1.82) is 0 Å². The van der Waals surface area contributed by atoms with Gasteiger partial charge in [0.05, 0.1) is 36.3 Å². The van der Waals surface area contributed by atoms with E-state index in [1.807, 2.05) is 0 Å². The fraction of sp³-hybridized carbons (Fsp3) is 0.321. The van der Waals surface area contributed by atoms with E-state index >= 15 is 0 Å². The number of carbonyl (C=O) groups excluding carboxylic acids is 1. The van der Waals surface area contributed by atoms with E-state index in [0.29, 0.717) is 23.5 Å². The maximum absolute atomic E-state index is 14.2. The number of carbonyl (C=O) groups is 2. The van der Waals surface area contributed by atoms with E-state index in [9.17, 15) is 32.3 Å².